The standard InChI is InChI=1S/C27H27F4N3O4/c1-6-37-25(36)21-15(2)32-24(22-18(27(29,30)31)8-7-9-19(22)28)34-23(21)33-17-12-10-16(11-13-17)14-20(35)38-26(3,4)5/h7-13H,6,14H2,1-5H3,(H,32,33,34). The first kappa shape index (κ1) is 28.5. The first-order valence-electron chi connectivity index (χ1n) is 11.7. The fourth-order valence-electron chi connectivity index (χ4n) is 3.60. The van der Waals surface area contributed by atoms with Crippen molar-refractivity contribution in [1.29, 1.82) is 0 Å². The molecule has 11 heteroatoms. The highest BCUT2D eigenvalue weighted by Gasteiger charge is 2.36. The molecule has 0 atom stereocenters. The van der Waals surface area contributed by atoms with Gasteiger partial charge in [0.05, 0.1) is 29.8 Å². The molecular formula is C27H27F4N3O4. The average molecular weight is 534 g/mol. The molecule has 0 aliphatic rings. The zero-order valence-electron chi connectivity index (χ0n) is 21.5. The zero-order chi connectivity index (χ0) is 28.3. The number of hydrogen-bond donors (Lipinski definition) is 1. The fourth-order valence-corrected chi connectivity index (χ4v) is 3.60. The molecule has 202 valence electrons. The summed E-state index contributed by atoms with van der Waals surface area (Å²) in [6.45, 7) is 8.29. The van der Waals surface area contributed by atoms with Gasteiger partial charge in [-0.25, -0.2) is 19.2 Å². The number of aromatic nitrogens is 2. The Morgan fingerprint density at radius 3 is 2.24 bits per heavy atom. The SMILES string of the molecule is CCOC(=O)c1c(C)nc(-c2c(F)cccc2C(F)(F)F)nc1Nc1ccc(CC(=O)OC(C)(C)C)cc1. The molecule has 0 aliphatic carbocycles. The van der Waals surface area contributed by atoms with Crippen LogP contribution in [0.5, 0.6) is 0 Å². The Balaban J connectivity index is 2.03. The molecule has 0 radical (unpaired) electrons. The number of ether oxygens (including phenoxy) is 2. The predicted octanol–water partition coefficient (Wildman–Crippen LogP) is 6.41. The summed E-state index contributed by atoms with van der Waals surface area (Å²) in [6.07, 6.45) is -4.85. The third kappa shape index (κ3) is 7.05. The number of esters is 2. The number of anilines is 2. The third-order valence-corrected chi connectivity index (χ3v) is 5.10. The second kappa shape index (κ2) is 11.2. The summed E-state index contributed by atoms with van der Waals surface area (Å²) < 4.78 is 66.0. The van der Waals surface area contributed by atoms with Gasteiger partial charge < -0.3 is 14.8 Å². The van der Waals surface area contributed by atoms with Crippen LogP contribution in [0, 0.1) is 12.7 Å². The number of alkyl halides is 3. The van der Waals surface area contributed by atoms with Crippen LogP contribution >= 0.6 is 0 Å². The largest absolute Gasteiger partial charge is 0.462 e. The van der Waals surface area contributed by atoms with Crippen LogP contribution in [0.4, 0.5) is 29.1 Å². The number of carbonyl (C=O) groups excluding carboxylic acids is 2. The molecule has 0 aliphatic heterocycles. The maximum absolute atomic E-state index is 14.7. The predicted molar refractivity (Wildman–Crippen MR) is 132 cm³/mol. The van der Waals surface area contributed by atoms with Gasteiger partial charge in [-0.15, -0.1) is 0 Å². The van der Waals surface area contributed by atoms with Crippen molar-refractivity contribution >= 4 is 23.4 Å². The highest BCUT2D eigenvalue weighted by atomic mass is 19.4. The Kier molecular flexibility index (Phi) is 8.38. The van der Waals surface area contributed by atoms with Crippen LogP contribution in [-0.4, -0.2) is 34.1 Å². The van der Waals surface area contributed by atoms with Gasteiger partial charge in [-0.2, -0.15) is 13.2 Å². The number of nitrogens with one attached hydrogen (secondary N) is 1. The Labute approximate surface area is 217 Å². The lowest BCUT2D eigenvalue weighted by molar-refractivity contribution is -0.153. The van der Waals surface area contributed by atoms with Crippen LogP contribution < -0.4 is 5.32 Å². The van der Waals surface area contributed by atoms with Gasteiger partial charge in [-0.3, -0.25) is 4.79 Å². The lowest BCUT2D eigenvalue weighted by Gasteiger charge is -2.19. The number of halogens is 4. The van der Waals surface area contributed by atoms with Gasteiger partial charge in [0.25, 0.3) is 0 Å². The summed E-state index contributed by atoms with van der Waals surface area (Å²) >= 11 is 0. The quantitative estimate of drug-likeness (QED) is 0.277. The van der Waals surface area contributed by atoms with Crippen molar-refractivity contribution in [3.63, 3.8) is 0 Å². The molecule has 0 saturated carbocycles. The lowest BCUT2D eigenvalue weighted by atomic mass is 10.0. The van der Waals surface area contributed by atoms with E-state index in [0.717, 1.165) is 18.2 Å². The van der Waals surface area contributed by atoms with Crippen molar-refractivity contribution < 1.29 is 36.6 Å². The van der Waals surface area contributed by atoms with Gasteiger partial charge in [0.1, 0.15) is 22.8 Å². The first-order valence-corrected chi connectivity index (χ1v) is 11.7. The van der Waals surface area contributed by atoms with Gasteiger partial charge in [-0.1, -0.05) is 18.2 Å². The van der Waals surface area contributed by atoms with E-state index in [2.05, 4.69) is 15.3 Å². The lowest BCUT2D eigenvalue weighted by Crippen LogP contribution is -2.24. The van der Waals surface area contributed by atoms with E-state index in [0.29, 0.717) is 11.3 Å². The summed E-state index contributed by atoms with van der Waals surface area (Å²) in [5, 5.41) is 2.89. The topological polar surface area (TPSA) is 90.4 Å². The Bertz CT molecular complexity index is 1330. The molecule has 0 bridgehead atoms. The monoisotopic (exact) mass is 533 g/mol. The molecule has 0 spiro atoms. The number of aryl methyl sites for hydroxylation is 1. The number of nitrogens with zero attached hydrogens (tertiary/aromatic N) is 2. The maximum atomic E-state index is 14.7. The van der Waals surface area contributed by atoms with Crippen LogP contribution in [0.3, 0.4) is 0 Å². The van der Waals surface area contributed by atoms with Gasteiger partial charge in [0.15, 0.2) is 5.82 Å². The Morgan fingerprint density at radius 2 is 1.66 bits per heavy atom. The van der Waals surface area contributed by atoms with Crippen LogP contribution in [0.25, 0.3) is 11.4 Å². The summed E-state index contributed by atoms with van der Waals surface area (Å²) in [6, 6.07) is 9.02. The van der Waals surface area contributed by atoms with Gasteiger partial charge in [-0.05, 0) is 64.4 Å². The molecule has 3 rings (SSSR count). The minimum Gasteiger partial charge on any atom is -0.462 e. The second-order valence-electron chi connectivity index (χ2n) is 9.32. The smallest absolute Gasteiger partial charge is 0.417 e. The average Bonchev–Trinajstić information content (AvgIpc) is 2.78. The van der Waals surface area contributed by atoms with Crippen LogP contribution in [0.15, 0.2) is 42.5 Å². The van der Waals surface area contributed by atoms with Crippen molar-refractivity contribution in [1.82, 2.24) is 9.97 Å². The van der Waals surface area contributed by atoms with Crippen LogP contribution in [0.1, 0.15) is 54.9 Å². The van der Waals surface area contributed by atoms with E-state index in [4.69, 9.17) is 9.47 Å². The normalized spacial score (nSPS) is 11.7. The van der Waals surface area contributed by atoms with E-state index in [1.165, 1.54) is 6.92 Å². The first-order chi connectivity index (χ1) is 17.7. The highest BCUT2D eigenvalue weighted by molar-refractivity contribution is 5.97. The summed E-state index contributed by atoms with van der Waals surface area (Å²) in [5.74, 6) is -3.10. The molecule has 0 amide bonds. The molecule has 0 fully saturated rings. The van der Waals surface area contributed by atoms with Gasteiger partial charge in [0, 0.05) is 5.69 Å². The summed E-state index contributed by atoms with van der Waals surface area (Å²) in [5.41, 5.74) is -1.79. The molecule has 1 N–H and O–H groups in total. The molecule has 0 unspecified atom stereocenters. The summed E-state index contributed by atoms with van der Waals surface area (Å²) in [4.78, 5) is 32.9. The molecule has 2 aromatic carbocycles. The minimum absolute atomic E-state index is 0.00567. The molecule has 0 saturated heterocycles. The molecule has 3 aromatic rings. The Hall–Kier alpha value is -4.02. The third-order valence-electron chi connectivity index (χ3n) is 5.10. The van der Waals surface area contributed by atoms with E-state index in [9.17, 15) is 27.2 Å². The number of benzene rings is 2. The second-order valence-corrected chi connectivity index (χ2v) is 9.32. The van der Waals surface area contributed by atoms with E-state index in [1.54, 1.807) is 52.0 Å². The zero-order valence-corrected chi connectivity index (χ0v) is 21.5. The van der Waals surface area contributed by atoms with E-state index < -0.39 is 46.5 Å². The van der Waals surface area contributed by atoms with Crippen molar-refractivity contribution in [2.24, 2.45) is 0 Å². The van der Waals surface area contributed by atoms with Crippen molar-refractivity contribution in [3.05, 3.63) is 70.7 Å². The molecular weight excluding hydrogens is 506 g/mol. The number of carbonyl (C=O) groups is 2. The Morgan fingerprint density at radius 1 is 1.00 bits per heavy atom. The maximum Gasteiger partial charge on any atom is 0.417 e. The van der Waals surface area contributed by atoms with Crippen LogP contribution in [0.2, 0.25) is 0 Å². The van der Waals surface area contributed by atoms with E-state index >= 15 is 0 Å². The van der Waals surface area contributed by atoms with Gasteiger partial charge >= 0.3 is 18.1 Å². The molecule has 38 heavy (non-hydrogen) atoms. The minimum atomic E-state index is -4.87. The molecule has 1 heterocycles. The van der Waals surface area contributed by atoms with Crippen molar-refractivity contribution in [2.75, 3.05) is 11.9 Å². The van der Waals surface area contributed by atoms with Crippen molar-refractivity contribution in [3.8, 4) is 11.4 Å². The van der Waals surface area contributed by atoms with E-state index in [-0.39, 0.29) is 30.1 Å². The highest BCUT2D eigenvalue weighted by Crippen LogP contribution is 2.38. The van der Waals surface area contributed by atoms with Gasteiger partial charge in [0.2, 0.25) is 0 Å². The molecule has 1 aromatic heterocycles. The number of rotatable bonds is 7. The molecule has 7 nitrogen and oxygen atoms in total. The fraction of sp³-hybridized carbons (Fsp3) is 0.333. The number of hydrogen-bond acceptors (Lipinski definition) is 7. The van der Waals surface area contributed by atoms with E-state index in [1.807, 2.05) is 0 Å². The van der Waals surface area contributed by atoms with Crippen LogP contribution in [-0.2, 0) is 26.9 Å². The van der Waals surface area contributed by atoms with Crippen molar-refractivity contribution in [2.45, 2.75) is 52.8 Å². The summed E-state index contributed by atoms with van der Waals surface area (Å²) in [7, 11) is 0.